The second-order valence-electron chi connectivity index (χ2n) is 7.54. The fraction of sp³-hybridized carbons (Fsp3) is 0.400. The molecule has 6 heteroatoms. The Bertz CT molecular complexity index is 760. The van der Waals surface area contributed by atoms with Crippen LogP contribution in [-0.2, 0) is 31.9 Å². The monoisotopic (exact) mass is 353 g/mol. The van der Waals surface area contributed by atoms with E-state index in [9.17, 15) is 4.79 Å². The number of pyridine rings is 1. The zero-order valence-electron chi connectivity index (χ0n) is 15.7. The minimum atomic E-state index is -0.493. The molecule has 0 saturated carbocycles. The number of nitrogens with zero attached hydrogens (tertiary/aromatic N) is 1. The number of benzene rings is 1. The van der Waals surface area contributed by atoms with Crippen LogP contribution in [0.2, 0.25) is 0 Å². The molecule has 1 aromatic carbocycles. The minimum absolute atomic E-state index is 0.160. The summed E-state index contributed by atoms with van der Waals surface area (Å²) in [6.07, 6.45) is 3.53. The maximum Gasteiger partial charge on any atom is 0.496 e. The number of carbonyl (C=O) groups is 1. The molecule has 136 valence electrons. The van der Waals surface area contributed by atoms with E-state index in [1.807, 2.05) is 64.1 Å². The maximum atomic E-state index is 12.1. The van der Waals surface area contributed by atoms with Gasteiger partial charge in [0.25, 0.3) is 0 Å². The van der Waals surface area contributed by atoms with E-state index in [4.69, 9.17) is 14.0 Å². The standard InChI is InChI=1S/C20H24BNO4/c1-19(2)20(3,4)26-21(25-19)17-10-16(12-22-13-17)11-18(23)24-14-15-8-6-5-7-9-15/h5-10,12-13H,11,14H2,1-4H3. The van der Waals surface area contributed by atoms with Gasteiger partial charge in [0, 0.05) is 17.9 Å². The summed E-state index contributed by atoms with van der Waals surface area (Å²) in [6.45, 7) is 8.29. The first-order chi connectivity index (χ1) is 12.3. The van der Waals surface area contributed by atoms with Crippen molar-refractivity contribution in [3.8, 4) is 0 Å². The Morgan fingerprint density at radius 1 is 1.04 bits per heavy atom. The summed E-state index contributed by atoms with van der Waals surface area (Å²) in [6, 6.07) is 11.5. The van der Waals surface area contributed by atoms with Crippen LogP contribution in [-0.4, -0.2) is 29.3 Å². The number of esters is 1. The molecule has 0 N–H and O–H groups in total. The summed E-state index contributed by atoms with van der Waals surface area (Å²) in [7, 11) is -0.493. The fourth-order valence-electron chi connectivity index (χ4n) is 2.67. The van der Waals surface area contributed by atoms with E-state index in [1.165, 1.54) is 0 Å². The Labute approximate surface area is 154 Å². The topological polar surface area (TPSA) is 57.7 Å². The molecular weight excluding hydrogens is 329 g/mol. The van der Waals surface area contributed by atoms with Gasteiger partial charge in [-0.1, -0.05) is 36.4 Å². The predicted octanol–water partition coefficient (Wildman–Crippen LogP) is 2.67. The second-order valence-corrected chi connectivity index (χ2v) is 7.54. The smallest absolute Gasteiger partial charge is 0.461 e. The number of hydrogen-bond donors (Lipinski definition) is 0. The van der Waals surface area contributed by atoms with Crippen LogP contribution >= 0.6 is 0 Å². The third-order valence-electron chi connectivity index (χ3n) is 4.93. The number of rotatable bonds is 5. The lowest BCUT2D eigenvalue weighted by molar-refractivity contribution is -0.144. The molecule has 0 spiro atoms. The van der Waals surface area contributed by atoms with Crippen molar-refractivity contribution >= 4 is 18.6 Å². The van der Waals surface area contributed by atoms with Crippen LogP contribution in [0.4, 0.5) is 0 Å². The zero-order chi connectivity index (χ0) is 18.8. The van der Waals surface area contributed by atoms with Gasteiger partial charge in [0.15, 0.2) is 0 Å². The van der Waals surface area contributed by atoms with Crippen molar-refractivity contribution in [2.45, 2.75) is 51.9 Å². The van der Waals surface area contributed by atoms with E-state index >= 15 is 0 Å². The van der Waals surface area contributed by atoms with Gasteiger partial charge < -0.3 is 14.0 Å². The number of aromatic nitrogens is 1. The summed E-state index contributed by atoms with van der Waals surface area (Å²) in [5.74, 6) is -0.290. The summed E-state index contributed by atoms with van der Waals surface area (Å²) in [5, 5.41) is 0. The predicted molar refractivity (Wildman–Crippen MR) is 99.9 cm³/mol. The van der Waals surface area contributed by atoms with Crippen LogP contribution in [0, 0.1) is 0 Å². The molecule has 2 heterocycles. The van der Waals surface area contributed by atoms with E-state index in [0.717, 1.165) is 16.6 Å². The summed E-state index contributed by atoms with van der Waals surface area (Å²) in [5.41, 5.74) is 1.71. The Hall–Kier alpha value is -2.18. The van der Waals surface area contributed by atoms with Crippen LogP contribution in [0.5, 0.6) is 0 Å². The average molecular weight is 353 g/mol. The fourth-order valence-corrected chi connectivity index (χ4v) is 2.67. The molecule has 1 fully saturated rings. The molecule has 0 aliphatic carbocycles. The SMILES string of the molecule is CC1(C)OB(c2cncc(CC(=O)OCc3ccccc3)c2)OC1(C)C. The van der Waals surface area contributed by atoms with Gasteiger partial charge in [-0.2, -0.15) is 0 Å². The quantitative estimate of drug-likeness (QED) is 0.611. The molecule has 0 unspecified atom stereocenters. The summed E-state index contributed by atoms with van der Waals surface area (Å²) in [4.78, 5) is 16.3. The molecule has 1 aliphatic heterocycles. The van der Waals surface area contributed by atoms with Gasteiger partial charge in [0.2, 0.25) is 0 Å². The van der Waals surface area contributed by atoms with Gasteiger partial charge in [-0.25, -0.2) is 0 Å². The van der Waals surface area contributed by atoms with Gasteiger partial charge in [0.1, 0.15) is 6.61 Å². The molecule has 2 aromatic rings. The zero-order valence-corrected chi connectivity index (χ0v) is 15.7. The number of ether oxygens (including phenoxy) is 1. The van der Waals surface area contributed by atoms with Crippen LogP contribution in [0.25, 0.3) is 0 Å². The van der Waals surface area contributed by atoms with Gasteiger partial charge in [-0.15, -0.1) is 0 Å². The van der Waals surface area contributed by atoms with Crippen molar-refractivity contribution in [3.05, 3.63) is 59.9 Å². The first-order valence-corrected chi connectivity index (χ1v) is 8.76. The molecule has 0 amide bonds. The second kappa shape index (κ2) is 7.21. The average Bonchev–Trinajstić information content (AvgIpc) is 2.82. The maximum absolute atomic E-state index is 12.1. The highest BCUT2D eigenvalue weighted by Gasteiger charge is 2.51. The highest BCUT2D eigenvalue weighted by Crippen LogP contribution is 2.36. The third kappa shape index (κ3) is 4.14. The summed E-state index contributed by atoms with van der Waals surface area (Å²) >= 11 is 0. The van der Waals surface area contributed by atoms with Gasteiger partial charge >= 0.3 is 13.1 Å². The first-order valence-electron chi connectivity index (χ1n) is 8.76. The van der Waals surface area contributed by atoms with Gasteiger partial charge in [-0.05, 0) is 38.8 Å². The minimum Gasteiger partial charge on any atom is -0.461 e. The van der Waals surface area contributed by atoms with E-state index in [1.54, 1.807) is 12.4 Å². The highest BCUT2D eigenvalue weighted by atomic mass is 16.7. The van der Waals surface area contributed by atoms with Crippen molar-refractivity contribution in [1.82, 2.24) is 4.98 Å². The molecule has 1 saturated heterocycles. The van der Waals surface area contributed by atoms with Crippen LogP contribution in [0.1, 0.15) is 38.8 Å². The Morgan fingerprint density at radius 3 is 2.35 bits per heavy atom. The van der Waals surface area contributed by atoms with E-state index in [0.29, 0.717) is 0 Å². The van der Waals surface area contributed by atoms with E-state index in [-0.39, 0.29) is 19.0 Å². The van der Waals surface area contributed by atoms with Crippen LogP contribution < -0.4 is 5.46 Å². The molecule has 26 heavy (non-hydrogen) atoms. The molecule has 3 rings (SSSR count). The van der Waals surface area contributed by atoms with Crippen molar-refractivity contribution in [2.75, 3.05) is 0 Å². The van der Waals surface area contributed by atoms with Crippen molar-refractivity contribution < 1.29 is 18.8 Å². The normalized spacial score (nSPS) is 17.9. The lowest BCUT2D eigenvalue weighted by Gasteiger charge is -2.32. The Balaban J connectivity index is 1.62. The van der Waals surface area contributed by atoms with E-state index in [2.05, 4.69) is 4.98 Å². The molecular formula is C20H24BNO4. The molecule has 0 bridgehead atoms. The van der Waals surface area contributed by atoms with Crippen molar-refractivity contribution in [1.29, 1.82) is 0 Å². The molecule has 1 aliphatic rings. The Kier molecular flexibility index (Phi) is 5.16. The lowest BCUT2D eigenvalue weighted by Crippen LogP contribution is -2.41. The van der Waals surface area contributed by atoms with Crippen molar-refractivity contribution in [3.63, 3.8) is 0 Å². The van der Waals surface area contributed by atoms with Crippen LogP contribution in [0.3, 0.4) is 0 Å². The van der Waals surface area contributed by atoms with E-state index < -0.39 is 18.3 Å². The molecule has 5 nitrogen and oxygen atoms in total. The lowest BCUT2D eigenvalue weighted by atomic mass is 9.79. The largest absolute Gasteiger partial charge is 0.496 e. The number of hydrogen-bond acceptors (Lipinski definition) is 5. The highest BCUT2D eigenvalue weighted by molar-refractivity contribution is 6.62. The van der Waals surface area contributed by atoms with Crippen molar-refractivity contribution in [2.24, 2.45) is 0 Å². The van der Waals surface area contributed by atoms with Crippen LogP contribution in [0.15, 0.2) is 48.8 Å². The number of carbonyl (C=O) groups excluding carboxylic acids is 1. The first kappa shape index (κ1) is 18.6. The third-order valence-corrected chi connectivity index (χ3v) is 4.93. The Morgan fingerprint density at radius 2 is 1.69 bits per heavy atom. The molecule has 1 aromatic heterocycles. The molecule has 0 radical (unpaired) electrons. The van der Waals surface area contributed by atoms with Gasteiger partial charge in [0.05, 0.1) is 17.6 Å². The molecule has 0 atom stereocenters. The van der Waals surface area contributed by atoms with Gasteiger partial charge in [-0.3, -0.25) is 9.78 Å². The summed E-state index contributed by atoms with van der Waals surface area (Å²) < 4.78 is 17.4.